The fourth-order valence-corrected chi connectivity index (χ4v) is 4.02. The number of nitrogens with zero attached hydrogens (tertiary/aromatic N) is 1. The third kappa shape index (κ3) is 4.31. The first-order valence-corrected chi connectivity index (χ1v) is 9.83. The Labute approximate surface area is 175 Å². The van der Waals surface area contributed by atoms with E-state index in [0.717, 1.165) is 32.7 Å². The molecule has 1 amide bonds. The topological polar surface area (TPSA) is 42.0 Å². The number of halogens is 3. The van der Waals surface area contributed by atoms with Crippen molar-refractivity contribution in [1.29, 1.82) is 0 Å². The van der Waals surface area contributed by atoms with Gasteiger partial charge in [-0.25, -0.2) is 0 Å². The lowest BCUT2D eigenvalue weighted by molar-refractivity contribution is -0.137. The van der Waals surface area contributed by atoms with Crippen molar-refractivity contribution in [3.63, 3.8) is 0 Å². The highest BCUT2D eigenvalue weighted by atomic mass is 32.2. The molecule has 0 saturated heterocycles. The number of hydrogen-bond acceptors (Lipinski definition) is 3. The van der Waals surface area contributed by atoms with Crippen LogP contribution in [0.2, 0.25) is 0 Å². The summed E-state index contributed by atoms with van der Waals surface area (Å²) in [5.41, 5.74) is -0.419. The van der Waals surface area contributed by atoms with Crippen molar-refractivity contribution >= 4 is 34.1 Å². The zero-order valence-corrected chi connectivity index (χ0v) is 16.3. The summed E-state index contributed by atoms with van der Waals surface area (Å²) in [7, 11) is 0. The van der Waals surface area contributed by atoms with Crippen LogP contribution in [0.3, 0.4) is 0 Å². The van der Waals surface area contributed by atoms with Gasteiger partial charge in [0.2, 0.25) is 0 Å². The van der Waals surface area contributed by atoms with Crippen LogP contribution < -0.4 is 5.32 Å². The molecule has 4 rings (SSSR count). The van der Waals surface area contributed by atoms with Gasteiger partial charge in [-0.1, -0.05) is 54.2 Å². The number of hydrogen-bond donors (Lipinski definition) is 1. The molecule has 0 atom stereocenters. The molecule has 0 saturated carbocycles. The summed E-state index contributed by atoms with van der Waals surface area (Å²) in [6.45, 7) is 0. The zero-order chi connectivity index (χ0) is 21.1. The molecule has 0 bridgehead atoms. The highest BCUT2D eigenvalue weighted by Crippen LogP contribution is 2.37. The molecule has 1 N–H and O–H groups in total. The minimum Gasteiger partial charge on any atom is -0.320 e. The number of pyridine rings is 1. The van der Waals surface area contributed by atoms with Gasteiger partial charge >= 0.3 is 6.18 Å². The number of carbonyl (C=O) groups is 1. The number of rotatable bonds is 4. The fourth-order valence-electron chi connectivity index (χ4n) is 2.99. The maximum absolute atomic E-state index is 12.7. The highest BCUT2D eigenvalue weighted by molar-refractivity contribution is 7.99. The monoisotopic (exact) mass is 424 g/mol. The van der Waals surface area contributed by atoms with E-state index in [4.69, 9.17) is 0 Å². The number of benzene rings is 3. The fraction of sp³-hybridized carbons (Fsp3) is 0.0435. The molecule has 0 unspecified atom stereocenters. The molecule has 30 heavy (non-hydrogen) atoms. The van der Waals surface area contributed by atoms with E-state index in [2.05, 4.69) is 10.3 Å². The van der Waals surface area contributed by atoms with Crippen LogP contribution in [-0.2, 0) is 6.18 Å². The Balaban J connectivity index is 1.66. The van der Waals surface area contributed by atoms with Crippen molar-refractivity contribution in [3.05, 3.63) is 96.3 Å². The van der Waals surface area contributed by atoms with E-state index in [1.165, 1.54) is 0 Å². The predicted octanol–water partition coefficient (Wildman–Crippen LogP) is 6.66. The normalized spacial score (nSPS) is 11.4. The minimum absolute atomic E-state index is 0.0896. The SMILES string of the molecule is O=C(Nc1cccc2cccc(Sc3ccccc3)c12)c1ccc(C(F)(F)F)cn1. The van der Waals surface area contributed by atoms with Gasteiger partial charge < -0.3 is 5.32 Å². The standard InChI is InChI=1S/C23H15F3N2OS/c24-23(25,26)16-12-13-19(27-14-16)22(29)28-18-10-4-6-15-7-5-11-20(21(15)18)30-17-8-2-1-3-9-17/h1-14H,(H,28,29). The van der Waals surface area contributed by atoms with Crippen molar-refractivity contribution in [2.24, 2.45) is 0 Å². The third-order valence-corrected chi connectivity index (χ3v) is 5.48. The molecule has 0 aliphatic rings. The Kier molecular flexibility index (Phi) is 5.46. The molecular formula is C23H15F3N2OS. The van der Waals surface area contributed by atoms with Crippen LogP contribution in [0.1, 0.15) is 16.1 Å². The first kappa shape index (κ1) is 20.0. The zero-order valence-electron chi connectivity index (χ0n) is 15.5. The molecule has 3 nitrogen and oxygen atoms in total. The third-order valence-electron chi connectivity index (χ3n) is 4.41. The van der Waals surface area contributed by atoms with Gasteiger partial charge in [-0.2, -0.15) is 13.2 Å². The van der Waals surface area contributed by atoms with E-state index in [1.807, 2.05) is 60.7 Å². The second-order valence-electron chi connectivity index (χ2n) is 6.46. The Hall–Kier alpha value is -3.32. The molecule has 0 fully saturated rings. The van der Waals surface area contributed by atoms with E-state index in [9.17, 15) is 18.0 Å². The van der Waals surface area contributed by atoms with Gasteiger partial charge in [0.25, 0.3) is 5.91 Å². The molecular weight excluding hydrogens is 409 g/mol. The van der Waals surface area contributed by atoms with Gasteiger partial charge in [0.1, 0.15) is 5.69 Å². The number of alkyl halides is 3. The summed E-state index contributed by atoms with van der Waals surface area (Å²) in [5.74, 6) is -0.573. The average Bonchev–Trinajstić information content (AvgIpc) is 2.74. The van der Waals surface area contributed by atoms with Crippen LogP contribution in [0.25, 0.3) is 10.8 Å². The molecule has 0 radical (unpaired) electrons. The van der Waals surface area contributed by atoms with Crippen LogP contribution in [0.15, 0.2) is 94.9 Å². The lowest BCUT2D eigenvalue weighted by atomic mass is 10.1. The maximum Gasteiger partial charge on any atom is 0.417 e. The quantitative estimate of drug-likeness (QED) is 0.398. The minimum atomic E-state index is -4.50. The van der Waals surface area contributed by atoms with E-state index in [0.29, 0.717) is 11.9 Å². The lowest BCUT2D eigenvalue weighted by Crippen LogP contribution is -2.15. The van der Waals surface area contributed by atoms with Gasteiger partial charge in [0, 0.05) is 21.4 Å². The largest absolute Gasteiger partial charge is 0.417 e. The summed E-state index contributed by atoms with van der Waals surface area (Å²) in [6, 6.07) is 23.1. The second-order valence-corrected chi connectivity index (χ2v) is 7.57. The highest BCUT2D eigenvalue weighted by Gasteiger charge is 2.31. The summed E-state index contributed by atoms with van der Waals surface area (Å²) < 4.78 is 38.2. The molecule has 1 heterocycles. The van der Waals surface area contributed by atoms with Crippen molar-refractivity contribution in [2.75, 3.05) is 5.32 Å². The molecule has 4 aromatic rings. The van der Waals surface area contributed by atoms with Crippen LogP contribution in [-0.4, -0.2) is 10.9 Å². The average molecular weight is 424 g/mol. The van der Waals surface area contributed by atoms with Crippen LogP contribution in [0.5, 0.6) is 0 Å². The van der Waals surface area contributed by atoms with Gasteiger partial charge in [0.05, 0.1) is 11.3 Å². The number of fused-ring (bicyclic) bond motifs is 1. The molecule has 7 heteroatoms. The van der Waals surface area contributed by atoms with Gasteiger partial charge in [-0.15, -0.1) is 0 Å². The number of aromatic nitrogens is 1. The molecule has 0 aliphatic heterocycles. The predicted molar refractivity (Wildman–Crippen MR) is 112 cm³/mol. The van der Waals surface area contributed by atoms with Gasteiger partial charge in [-0.05, 0) is 41.8 Å². The van der Waals surface area contributed by atoms with Crippen LogP contribution in [0, 0.1) is 0 Å². The van der Waals surface area contributed by atoms with Crippen molar-refractivity contribution in [2.45, 2.75) is 16.0 Å². The molecule has 3 aromatic carbocycles. The van der Waals surface area contributed by atoms with Crippen LogP contribution >= 0.6 is 11.8 Å². The Bertz CT molecular complexity index is 1190. The van der Waals surface area contributed by atoms with Crippen LogP contribution in [0.4, 0.5) is 18.9 Å². The number of amides is 1. The van der Waals surface area contributed by atoms with Gasteiger partial charge in [-0.3, -0.25) is 9.78 Å². The van der Waals surface area contributed by atoms with Crippen molar-refractivity contribution < 1.29 is 18.0 Å². The summed E-state index contributed by atoms with van der Waals surface area (Å²) in [6.07, 6.45) is -3.84. The lowest BCUT2D eigenvalue weighted by Gasteiger charge is -2.13. The molecule has 1 aromatic heterocycles. The second kappa shape index (κ2) is 8.20. The molecule has 0 spiro atoms. The summed E-state index contributed by atoms with van der Waals surface area (Å²) >= 11 is 1.57. The van der Waals surface area contributed by atoms with E-state index in [-0.39, 0.29) is 5.69 Å². The summed E-state index contributed by atoms with van der Waals surface area (Å²) in [5, 5.41) is 4.58. The Morgan fingerprint density at radius 3 is 2.27 bits per heavy atom. The number of carbonyl (C=O) groups excluding carboxylic acids is 1. The smallest absolute Gasteiger partial charge is 0.320 e. The first-order valence-electron chi connectivity index (χ1n) is 9.01. The summed E-state index contributed by atoms with van der Waals surface area (Å²) in [4.78, 5) is 18.3. The number of nitrogens with one attached hydrogen (secondary N) is 1. The van der Waals surface area contributed by atoms with Crippen molar-refractivity contribution in [1.82, 2.24) is 4.98 Å². The van der Waals surface area contributed by atoms with E-state index < -0.39 is 17.6 Å². The van der Waals surface area contributed by atoms with Gasteiger partial charge in [0.15, 0.2) is 0 Å². The Morgan fingerprint density at radius 1 is 0.867 bits per heavy atom. The van der Waals surface area contributed by atoms with Crippen molar-refractivity contribution in [3.8, 4) is 0 Å². The molecule has 150 valence electrons. The van der Waals surface area contributed by atoms with E-state index in [1.54, 1.807) is 17.8 Å². The maximum atomic E-state index is 12.7. The molecule has 0 aliphatic carbocycles. The Morgan fingerprint density at radius 2 is 1.60 bits per heavy atom. The van der Waals surface area contributed by atoms with E-state index >= 15 is 0 Å². The number of anilines is 1. The first-order chi connectivity index (χ1) is 14.4.